The van der Waals surface area contributed by atoms with Gasteiger partial charge in [0.2, 0.25) is 11.8 Å². The average Bonchev–Trinajstić information content (AvgIpc) is 2.87. The van der Waals surface area contributed by atoms with Crippen molar-refractivity contribution in [2.24, 2.45) is 0 Å². The van der Waals surface area contributed by atoms with Gasteiger partial charge >= 0.3 is 0 Å². The van der Waals surface area contributed by atoms with E-state index in [0.717, 1.165) is 0 Å². The fourth-order valence-corrected chi connectivity index (χ4v) is 1.82. The Hall–Kier alpha value is -1.96. The summed E-state index contributed by atoms with van der Waals surface area (Å²) in [5.74, 6) is -0.0429. The third-order valence-corrected chi connectivity index (χ3v) is 2.66. The summed E-state index contributed by atoms with van der Waals surface area (Å²) in [4.78, 5) is 24.2. The van der Waals surface area contributed by atoms with E-state index in [-0.39, 0.29) is 18.4 Å². The maximum atomic E-state index is 11.8. The Balaban J connectivity index is 1.91. The van der Waals surface area contributed by atoms with Crippen molar-refractivity contribution in [2.45, 2.75) is 26.0 Å². The van der Waals surface area contributed by atoms with Crippen LogP contribution < -0.4 is 5.32 Å². The van der Waals surface area contributed by atoms with Crippen LogP contribution in [0.2, 0.25) is 0 Å². The van der Waals surface area contributed by atoms with Crippen molar-refractivity contribution in [1.29, 1.82) is 0 Å². The molecule has 1 unspecified atom stereocenters. The van der Waals surface area contributed by atoms with Crippen LogP contribution in [0.25, 0.3) is 0 Å². The van der Waals surface area contributed by atoms with Crippen LogP contribution in [-0.4, -0.2) is 56.0 Å². The van der Waals surface area contributed by atoms with Gasteiger partial charge in [0.1, 0.15) is 6.54 Å². The lowest BCUT2D eigenvalue weighted by atomic mass is 10.3. The lowest BCUT2D eigenvalue weighted by Gasteiger charge is -2.14. The molecule has 98 valence electrons. The van der Waals surface area contributed by atoms with Crippen LogP contribution in [0.5, 0.6) is 0 Å². The zero-order valence-electron chi connectivity index (χ0n) is 10.0. The van der Waals surface area contributed by atoms with Crippen molar-refractivity contribution in [1.82, 2.24) is 19.9 Å². The smallest absolute Gasteiger partial charge is 0.244 e. The maximum absolute atomic E-state index is 11.8. The highest BCUT2D eigenvalue weighted by Gasteiger charge is 2.24. The minimum absolute atomic E-state index is 0.0549. The Kier molecular flexibility index (Phi) is 3.56. The van der Waals surface area contributed by atoms with E-state index >= 15 is 0 Å². The number of likely N-dealkylation sites (tertiary alicyclic amines) is 1. The summed E-state index contributed by atoms with van der Waals surface area (Å²) in [5, 5.41) is 19.3. The molecule has 18 heavy (non-hydrogen) atoms. The molecule has 1 aromatic heterocycles. The molecule has 2 heterocycles. The second-order valence-corrected chi connectivity index (χ2v) is 4.26. The van der Waals surface area contributed by atoms with Gasteiger partial charge in [0.25, 0.3) is 0 Å². The molecule has 0 aliphatic carbocycles. The maximum Gasteiger partial charge on any atom is 0.244 e. The van der Waals surface area contributed by atoms with E-state index in [4.69, 9.17) is 0 Å². The van der Waals surface area contributed by atoms with Crippen LogP contribution in [0.4, 0.5) is 5.82 Å². The number of rotatable bonds is 3. The number of anilines is 1. The van der Waals surface area contributed by atoms with E-state index in [2.05, 4.69) is 15.6 Å². The molecule has 1 saturated heterocycles. The first-order valence-electron chi connectivity index (χ1n) is 5.68. The number of β-amino-alcohol motifs (C(OH)–C–C–N with tert-alkyl or cyclic N) is 1. The predicted octanol–water partition coefficient (Wildman–Crippen LogP) is -1.17. The molecule has 0 aromatic carbocycles. The van der Waals surface area contributed by atoms with Crippen molar-refractivity contribution in [3.8, 4) is 0 Å². The van der Waals surface area contributed by atoms with Crippen LogP contribution in [0.3, 0.4) is 0 Å². The SMILES string of the molecule is CC(=O)Nc1cn(CC(=O)N2CCC(O)C2)nn1. The van der Waals surface area contributed by atoms with Gasteiger partial charge in [-0.3, -0.25) is 9.59 Å². The van der Waals surface area contributed by atoms with E-state index in [1.54, 1.807) is 4.90 Å². The van der Waals surface area contributed by atoms with Crippen LogP contribution in [0.1, 0.15) is 13.3 Å². The van der Waals surface area contributed by atoms with Gasteiger partial charge < -0.3 is 15.3 Å². The number of carbonyl (C=O) groups excluding carboxylic acids is 2. The highest BCUT2D eigenvalue weighted by Crippen LogP contribution is 2.09. The number of nitrogens with zero attached hydrogens (tertiary/aromatic N) is 4. The van der Waals surface area contributed by atoms with E-state index in [1.807, 2.05) is 0 Å². The molecule has 0 bridgehead atoms. The number of aromatic nitrogens is 3. The average molecular weight is 253 g/mol. The molecular formula is C10H15N5O3. The highest BCUT2D eigenvalue weighted by atomic mass is 16.3. The third-order valence-electron chi connectivity index (χ3n) is 2.66. The van der Waals surface area contributed by atoms with Gasteiger partial charge in [-0.05, 0) is 6.42 Å². The Morgan fingerprint density at radius 3 is 3.00 bits per heavy atom. The summed E-state index contributed by atoms with van der Waals surface area (Å²) in [6, 6.07) is 0. The molecule has 1 aliphatic heterocycles. The van der Waals surface area contributed by atoms with Gasteiger partial charge in [-0.2, -0.15) is 0 Å². The quantitative estimate of drug-likeness (QED) is 0.707. The molecule has 0 saturated carbocycles. The molecule has 8 nitrogen and oxygen atoms in total. The molecule has 0 radical (unpaired) electrons. The highest BCUT2D eigenvalue weighted by molar-refractivity contribution is 5.87. The van der Waals surface area contributed by atoms with Crippen LogP contribution >= 0.6 is 0 Å². The second-order valence-electron chi connectivity index (χ2n) is 4.26. The van der Waals surface area contributed by atoms with E-state index in [1.165, 1.54) is 17.8 Å². The van der Waals surface area contributed by atoms with Crippen LogP contribution in [-0.2, 0) is 16.1 Å². The number of carbonyl (C=O) groups is 2. The fraction of sp³-hybridized carbons (Fsp3) is 0.600. The first-order valence-corrected chi connectivity index (χ1v) is 5.68. The third kappa shape index (κ3) is 3.04. The van der Waals surface area contributed by atoms with E-state index in [0.29, 0.717) is 25.3 Å². The monoisotopic (exact) mass is 253 g/mol. The first kappa shape index (κ1) is 12.5. The summed E-state index contributed by atoms with van der Waals surface area (Å²) in [6.07, 6.45) is 1.67. The number of aliphatic hydroxyl groups excluding tert-OH is 1. The molecule has 1 aliphatic rings. The van der Waals surface area contributed by atoms with Gasteiger partial charge in [0, 0.05) is 20.0 Å². The zero-order chi connectivity index (χ0) is 13.1. The minimum Gasteiger partial charge on any atom is -0.391 e. The van der Waals surface area contributed by atoms with Gasteiger partial charge in [0.15, 0.2) is 5.82 Å². The van der Waals surface area contributed by atoms with Crippen molar-refractivity contribution in [2.75, 3.05) is 18.4 Å². The van der Waals surface area contributed by atoms with Gasteiger partial charge in [-0.25, -0.2) is 4.68 Å². The zero-order valence-corrected chi connectivity index (χ0v) is 10.0. The van der Waals surface area contributed by atoms with Gasteiger partial charge in [-0.15, -0.1) is 5.10 Å². The summed E-state index contributed by atoms with van der Waals surface area (Å²) in [6.45, 7) is 2.36. The second kappa shape index (κ2) is 5.13. The van der Waals surface area contributed by atoms with Gasteiger partial charge in [-0.1, -0.05) is 5.21 Å². The van der Waals surface area contributed by atoms with Crippen molar-refractivity contribution >= 4 is 17.6 Å². The molecule has 1 atom stereocenters. The number of hydrogen-bond donors (Lipinski definition) is 2. The Labute approximate surface area is 104 Å². The Morgan fingerprint density at radius 2 is 2.39 bits per heavy atom. The molecule has 2 rings (SSSR count). The van der Waals surface area contributed by atoms with Gasteiger partial charge in [0.05, 0.1) is 12.3 Å². The Morgan fingerprint density at radius 1 is 1.61 bits per heavy atom. The lowest BCUT2D eigenvalue weighted by Crippen LogP contribution is -2.32. The number of hydrogen-bond acceptors (Lipinski definition) is 5. The summed E-state index contributed by atoms with van der Waals surface area (Å²) in [5.41, 5.74) is 0. The van der Waals surface area contributed by atoms with Crippen LogP contribution in [0.15, 0.2) is 6.20 Å². The number of amides is 2. The number of nitrogens with one attached hydrogen (secondary N) is 1. The largest absolute Gasteiger partial charge is 0.391 e. The fourth-order valence-electron chi connectivity index (χ4n) is 1.82. The van der Waals surface area contributed by atoms with Crippen LogP contribution in [0, 0.1) is 0 Å². The lowest BCUT2D eigenvalue weighted by molar-refractivity contribution is -0.131. The van der Waals surface area contributed by atoms with E-state index in [9.17, 15) is 14.7 Å². The Bertz CT molecular complexity index is 458. The van der Waals surface area contributed by atoms with Crippen molar-refractivity contribution < 1.29 is 14.7 Å². The summed E-state index contributed by atoms with van der Waals surface area (Å²) >= 11 is 0. The minimum atomic E-state index is -0.431. The molecule has 2 amide bonds. The summed E-state index contributed by atoms with van der Waals surface area (Å²) in [7, 11) is 0. The predicted molar refractivity (Wildman–Crippen MR) is 61.5 cm³/mol. The molecule has 2 N–H and O–H groups in total. The molecular weight excluding hydrogens is 238 g/mol. The summed E-state index contributed by atoms with van der Waals surface area (Å²) < 4.78 is 1.36. The topological polar surface area (TPSA) is 100 Å². The normalized spacial score (nSPS) is 19.0. The molecule has 1 aromatic rings. The van der Waals surface area contributed by atoms with Crippen molar-refractivity contribution in [3.05, 3.63) is 6.20 Å². The molecule has 8 heteroatoms. The molecule has 0 spiro atoms. The standard InChI is InChI=1S/C10H15N5O3/c1-7(16)11-9-5-15(13-12-9)6-10(18)14-3-2-8(17)4-14/h5,8,17H,2-4,6H2,1H3,(H,11,16). The first-order chi connectivity index (χ1) is 8.54. The molecule has 1 fully saturated rings. The number of aliphatic hydroxyl groups is 1. The van der Waals surface area contributed by atoms with Crippen molar-refractivity contribution in [3.63, 3.8) is 0 Å². The van der Waals surface area contributed by atoms with E-state index < -0.39 is 6.10 Å².